The molecule has 1 saturated carbocycles. The molecule has 0 saturated heterocycles. The van der Waals surface area contributed by atoms with Crippen molar-refractivity contribution in [3.8, 4) is 0 Å². The molecule has 0 aliphatic heterocycles. The van der Waals surface area contributed by atoms with E-state index in [2.05, 4.69) is 20.6 Å². The van der Waals surface area contributed by atoms with Gasteiger partial charge in [-0.25, -0.2) is 4.98 Å². The number of amides is 1. The monoisotopic (exact) mass is 326 g/mol. The lowest BCUT2D eigenvalue weighted by molar-refractivity contribution is 0.100. The van der Waals surface area contributed by atoms with Crippen molar-refractivity contribution in [3.63, 3.8) is 0 Å². The molecule has 1 heterocycles. The van der Waals surface area contributed by atoms with Gasteiger partial charge in [-0.15, -0.1) is 0 Å². The molecule has 1 aromatic heterocycles. The Morgan fingerprint density at radius 2 is 1.96 bits per heavy atom. The fourth-order valence-corrected chi connectivity index (χ4v) is 2.45. The quantitative estimate of drug-likeness (QED) is 0.754. The number of benzene rings is 1. The van der Waals surface area contributed by atoms with Crippen molar-refractivity contribution in [2.75, 3.05) is 29.6 Å². The Hall–Kier alpha value is -2.83. The molecular formula is C17H22N6O. The average molecular weight is 326 g/mol. The number of nitrogens with one attached hydrogen (secondary N) is 2. The van der Waals surface area contributed by atoms with Crippen LogP contribution in [0.25, 0.3) is 0 Å². The van der Waals surface area contributed by atoms with Crippen molar-refractivity contribution in [1.29, 1.82) is 0 Å². The minimum absolute atomic E-state index is 0.315. The molecule has 1 amide bonds. The van der Waals surface area contributed by atoms with Gasteiger partial charge in [0.15, 0.2) is 0 Å². The summed E-state index contributed by atoms with van der Waals surface area (Å²) in [5.41, 5.74) is 7.71. The van der Waals surface area contributed by atoms with Crippen molar-refractivity contribution >= 4 is 29.0 Å². The molecule has 2 aromatic rings. The zero-order chi connectivity index (χ0) is 17.1. The molecule has 0 radical (unpaired) electrons. The number of hydrogen-bond acceptors (Lipinski definition) is 6. The number of primary amides is 1. The first-order valence-corrected chi connectivity index (χ1v) is 8.01. The van der Waals surface area contributed by atoms with Crippen LogP contribution in [-0.4, -0.2) is 36.0 Å². The second kappa shape index (κ2) is 6.74. The molecule has 0 spiro atoms. The van der Waals surface area contributed by atoms with Gasteiger partial charge >= 0.3 is 0 Å². The lowest BCUT2D eigenvalue weighted by atomic mass is 9.93. The molecule has 7 nitrogen and oxygen atoms in total. The van der Waals surface area contributed by atoms with E-state index in [9.17, 15) is 4.79 Å². The van der Waals surface area contributed by atoms with Crippen LogP contribution in [0.2, 0.25) is 0 Å². The van der Waals surface area contributed by atoms with Crippen molar-refractivity contribution in [2.24, 2.45) is 5.73 Å². The fourth-order valence-electron chi connectivity index (χ4n) is 2.45. The van der Waals surface area contributed by atoms with E-state index >= 15 is 0 Å². The van der Waals surface area contributed by atoms with Gasteiger partial charge in [-0.2, -0.15) is 4.98 Å². The zero-order valence-corrected chi connectivity index (χ0v) is 13.9. The molecule has 4 N–H and O–H groups in total. The highest BCUT2D eigenvalue weighted by Crippen LogP contribution is 2.25. The van der Waals surface area contributed by atoms with Crippen LogP contribution in [-0.2, 0) is 0 Å². The van der Waals surface area contributed by atoms with E-state index in [1.165, 1.54) is 12.6 Å². The molecule has 0 unspecified atom stereocenters. The first kappa shape index (κ1) is 16.0. The van der Waals surface area contributed by atoms with Crippen LogP contribution in [0, 0.1) is 0 Å². The summed E-state index contributed by atoms with van der Waals surface area (Å²) in [5.74, 6) is 0.396. The highest BCUT2D eigenvalue weighted by Gasteiger charge is 2.21. The lowest BCUT2D eigenvalue weighted by Gasteiger charge is -2.27. The molecule has 1 fully saturated rings. The number of hydrogen-bond donors (Lipinski definition) is 3. The van der Waals surface area contributed by atoms with E-state index in [-0.39, 0.29) is 0 Å². The molecule has 3 rings (SSSR count). The first-order chi connectivity index (χ1) is 11.5. The van der Waals surface area contributed by atoms with E-state index < -0.39 is 5.91 Å². The number of carbonyl (C=O) groups is 1. The predicted molar refractivity (Wildman–Crippen MR) is 95.9 cm³/mol. The fraction of sp³-hybridized carbons (Fsp3) is 0.353. The van der Waals surface area contributed by atoms with E-state index in [1.54, 1.807) is 0 Å². The molecule has 0 atom stereocenters. The van der Waals surface area contributed by atoms with Crippen LogP contribution in [0.4, 0.5) is 23.1 Å². The topological polar surface area (TPSA) is 96.2 Å². The standard InChI is InChI=1S/C17H22N6O/c1-23(2)13-8-6-12(7-9-13)21-17-19-10-14(15(18)24)16(22-17)20-11-4-3-5-11/h6-11H,3-5H2,1-2H3,(H2,18,24)(H2,19,20,21,22). The van der Waals surface area contributed by atoms with Crippen molar-refractivity contribution in [1.82, 2.24) is 9.97 Å². The summed E-state index contributed by atoms with van der Waals surface area (Å²) in [6.45, 7) is 0. The van der Waals surface area contributed by atoms with Crippen LogP contribution in [0.3, 0.4) is 0 Å². The van der Waals surface area contributed by atoms with Gasteiger partial charge in [0, 0.05) is 37.7 Å². The third kappa shape index (κ3) is 3.56. The minimum Gasteiger partial charge on any atom is -0.378 e. The largest absolute Gasteiger partial charge is 0.378 e. The summed E-state index contributed by atoms with van der Waals surface area (Å²) in [6, 6.07) is 8.28. The van der Waals surface area contributed by atoms with Gasteiger partial charge in [0.25, 0.3) is 5.91 Å². The number of nitrogens with two attached hydrogens (primary N) is 1. The number of carbonyl (C=O) groups excluding carboxylic acids is 1. The Kier molecular flexibility index (Phi) is 4.50. The molecule has 24 heavy (non-hydrogen) atoms. The normalized spacial score (nSPS) is 13.9. The first-order valence-electron chi connectivity index (χ1n) is 8.01. The maximum Gasteiger partial charge on any atom is 0.254 e. The third-order valence-electron chi connectivity index (χ3n) is 4.14. The van der Waals surface area contributed by atoms with E-state index in [1.807, 2.05) is 43.3 Å². The maximum absolute atomic E-state index is 11.6. The van der Waals surface area contributed by atoms with Crippen LogP contribution in [0.5, 0.6) is 0 Å². The molecule has 7 heteroatoms. The Balaban J connectivity index is 1.79. The Bertz CT molecular complexity index is 724. The highest BCUT2D eigenvalue weighted by molar-refractivity contribution is 5.97. The number of rotatable bonds is 6. The zero-order valence-electron chi connectivity index (χ0n) is 13.9. The molecule has 1 aliphatic carbocycles. The van der Waals surface area contributed by atoms with Gasteiger partial charge in [0.1, 0.15) is 5.82 Å². The molecule has 126 valence electrons. The third-order valence-corrected chi connectivity index (χ3v) is 4.14. The van der Waals surface area contributed by atoms with Gasteiger partial charge in [0.05, 0.1) is 5.56 Å². The van der Waals surface area contributed by atoms with Gasteiger partial charge in [-0.05, 0) is 43.5 Å². The van der Waals surface area contributed by atoms with Crippen molar-refractivity contribution in [3.05, 3.63) is 36.0 Å². The average Bonchev–Trinajstić information content (AvgIpc) is 2.51. The summed E-state index contributed by atoms with van der Waals surface area (Å²) in [5, 5.41) is 6.43. The molecule has 1 aromatic carbocycles. The van der Waals surface area contributed by atoms with Crippen LogP contribution < -0.4 is 21.3 Å². The maximum atomic E-state index is 11.6. The van der Waals surface area contributed by atoms with E-state index in [0.717, 1.165) is 24.2 Å². The van der Waals surface area contributed by atoms with Crippen LogP contribution >= 0.6 is 0 Å². The number of aromatic nitrogens is 2. The lowest BCUT2D eigenvalue weighted by Crippen LogP contribution is -2.29. The van der Waals surface area contributed by atoms with E-state index in [4.69, 9.17) is 5.73 Å². The van der Waals surface area contributed by atoms with Crippen molar-refractivity contribution < 1.29 is 4.79 Å². The SMILES string of the molecule is CN(C)c1ccc(Nc2ncc(C(N)=O)c(NC3CCC3)n2)cc1. The molecule has 1 aliphatic rings. The second-order valence-electron chi connectivity index (χ2n) is 6.16. The van der Waals surface area contributed by atoms with Crippen molar-refractivity contribution in [2.45, 2.75) is 25.3 Å². The Morgan fingerprint density at radius 1 is 1.25 bits per heavy atom. The smallest absolute Gasteiger partial charge is 0.254 e. The molecule has 0 bridgehead atoms. The highest BCUT2D eigenvalue weighted by atomic mass is 16.1. The van der Waals surface area contributed by atoms with Gasteiger partial charge in [-0.1, -0.05) is 0 Å². The number of anilines is 4. The minimum atomic E-state index is -0.529. The summed E-state index contributed by atoms with van der Waals surface area (Å²) in [4.78, 5) is 22.2. The Labute approximate surface area is 141 Å². The van der Waals surface area contributed by atoms with Gasteiger partial charge < -0.3 is 21.3 Å². The van der Waals surface area contributed by atoms with Gasteiger partial charge in [0.2, 0.25) is 5.95 Å². The molecular weight excluding hydrogens is 304 g/mol. The predicted octanol–water partition coefficient (Wildman–Crippen LogP) is 2.35. The van der Waals surface area contributed by atoms with Crippen LogP contribution in [0.1, 0.15) is 29.6 Å². The summed E-state index contributed by atoms with van der Waals surface area (Å²) < 4.78 is 0. The summed E-state index contributed by atoms with van der Waals surface area (Å²) in [7, 11) is 3.99. The second-order valence-corrected chi connectivity index (χ2v) is 6.16. The summed E-state index contributed by atoms with van der Waals surface area (Å²) >= 11 is 0. The van der Waals surface area contributed by atoms with E-state index in [0.29, 0.717) is 23.4 Å². The summed E-state index contributed by atoms with van der Waals surface area (Å²) in [6.07, 6.45) is 4.82. The van der Waals surface area contributed by atoms with Crippen LogP contribution in [0.15, 0.2) is 30.5 Å². The Morgan fingerprint density at radius 3 is 2.50 bits per heavy atom. The number of nitrogens with zero attached hydrogens (tertiary/aromatic N) is 3. The van der Waals surface area contributed by atoms with Gasteiger partial charge in [-0.3, -0.25) is 4.79 Å².